The van der Waals surface area contributed by atoms with Crippen molar-refractivity contribution in [3.63, 3.8) is 0 Å². The first-order chi connectivity index (χ1) is 7.11. The van der Waals surface area contributed by atoms with Gasteiger partial charge in [-0.05, 0) is 24.1 Å². The van der Waals surface area contributed by atoms with Crippen molar-refractivity contribution in [1.29, 1.82) is 0 Å². The molecule has 5 heteroatoms. The largest absolute Gasteiger partial charge is 0.469 e. The Morgan fingerprint density at radius 2 is 2.25 bits per heavy atom. The summed E-state index contributed by atoms with van der Waals surface area (Å²) in [6, 6.07) is 7.22. The fourth-order valence-electron chi connectivity index (χ4n) is 1.34. The molecule has 0 fully saturated rings. The molecule has 16 heavy (non-hydrogen) atoms. The molecule has 0 heterocycles. The van der Waals surface area contributed by atoms with Gasteiger partial charge < -0.3 is 10.5 Å². The molecule has 0 radical (unpaired) electrons. The van der Waals surface area contributed by atoms with Gasteiger partial charge in [0.25, 0.3) is 0 Å². The summed E-state index contributed by atoms with van der Waals surface area (Å²) in [6.07, 6.45) is 0.846. The van der Waals surface area contributed by atoms with Gasteiger partial charge in [0.1, 0.15) is 0 Å². The van der Waals surface area contributed by atoms with Gasteiger partial charge in [-0.2, -0.15) is 0 Å². The lowest BCUT2D eigenvalue weighted by molar-refractivity contribution is -0.140. The second-order valence-electron chi connectivity index (χ2n) is 3.37. The molecule has 0 spiro atoms. The standard InChI is InChI=1S/C11H14ClNO2.ClH/c1-15-11(14)7-10(13)6-8-3-2-4-9(12)5-8;/h2-5,10H,6-7,13H2,1H3;1H/t10-;/m0./s1. The van der Waals surface area contributed by atoms with E-state index in [2.05, 4.69) is 4.74 Å². The predicted molar refractivity (Wildman–Crippen MR) is 67.0 cm³/mol. The Kier molecular flexibility index (Phi) is 7.13. The molecular formula is C11H15Cl2NO2. The zero-order valence-corrected chi connectivity index (χ0v) is 10.6. The van der Waals surface area contributed by atoms with Crippen LogP contribution in [0, 0.1) is 0 Å². The molecule has 0 aliphatic rings. The van der Waals surface area contributed by atoms with E-state index in [-0.39, 0.29) is 30.8 Å². The van der Waals surface area contributed by atoms with Crippen molar-refractivity contribution >= 4 is 30.0 Å². The van der Waals surface area contributed by atoms with Crippen molar-refractivity contribution < 1.29 is 9.53 Å². The Balaban J connectivity index is 0.00000225. The number of carbonyl (C=O) groups is 1. The van der Waals surface area contributed by atoms with Crippen molar-refractivity contribution in [2.24, 2.45) is 5.73 Å². The molecule has 0 amide bonds. The summed E-state index contributed by atoms with van der Waals surface area (Å²) >= 11 is 5.83. The molecule has 1 atom stereocenters. The highest BCUT2D eigenvalue weighted by Gasteiger charge is 2.10. The molecule has 0 saturated heterocycles. The molecule has 2 N–H and O–H groups in total. The van der Waals surface area contributed by atoms with Crippen molar-refractivity contribution in [2.75, 3.05) is 7.11 Å². The van der Waals surface area contributed by atoms with Gasteiger partial charge in [0.2, 0.25) is 0 Å². The summed E-state index contributed by atoms with van der Waals surface area (Å²) in [5, 5.41) is 0.678. The zero-order valence-electron chi connectivity index (χ0n) is 8.98. The summed E-state index contributed by atoms with van der Waals surface area (Å²) < 4.78 is 4.54. The van der Waals surface area contributed by atoms with E-state index in [1.807, 2.05) is 18.2 Å². The maximum absolute atomic E-state index is 11.0. The molecule has 1 aromatic carbocycles. The number of methoxy groups -OCH3 is 1. The van der Waals surface area contributed by atoms with E-state index in [0.717, 1.165) is 5.56 Å². The first kappa shape index (κ1) is 15.2. The van der Waals surface area contributed by atoms with Gasteiger partial charge >= 0.3 is 5.97 Å². The van der Waals surface area contributed by atoms with Gasteiger partial charge in [0, 0.05) is 11.1 Å². The second-order valence-corrected chi connectivity index (χ2v) is 3.81. The minimum absolute atomic E-state index is 0. The van der Waals surface area contributed by atoms with E-state index in [0.29, 0.717) is 11.4 Å². The van der Waals surface area contributed by atoms with Crippen LogP contribution in [0.1, 0.15) is 12.0 Å². The van der Waals surface area contributed by atoms with E-state index < -0.39 is 0 Å². The second kappa shape index (κ2) is 7.49. The first-order valence-electron chi connectivity index (χ1n) is 4.68. The van der Waals surface area contributed by atoms with Crippen molar-refractivity contribution in [2.45, 2.75) is 18.9 Å². The van der Waals surface area contributed by atoms with Crippen LogP contribution < -0.4 is 5.73 Å². The Bertz CT molecular complexity index is 345. The van der Waals surface area contributed by atoms with Gasteiger partial charge in [-0.25, -0.2) is 0 Å². The molecule has 1 aromatic rings. The molecule has 0 aliphatic carbocycles. The number of rotatable bonds is 4. The fourth-order valence-corrected chi connectivity index (χ4v) is 1.55. The minimum Gasteiger partial charge on any atom is -0.469 e. The SMILES string of the molecule is COC(=O)C[C@@H](N)Cc1cccc(Cl)c1.Cl. The highest BCUT2D eigenvalue weighted by atomic mass is 35.5. The number of hydrogen-bond donors (Lipinski definition) is 1. The van der Waals surface area contributed by atoms with Crippen LogP contribution in [0.3, 0.4) is 0 Å². The van der Waals surface area contributed by atoms with Crippen molar-refractivity contribution in [3.05, 3.63) is 34.9 Å². The number of nitrogens with two attached hydrogens (primary N) is 1. The molecule has 0 saturated carbocycles. The van der Waals surface area contributed by atoms with Crippen LogP contribution >= 0.6 is 24.0 Å². The quantitative estimate of drug-likeness (QED) is 0.848. The van der Waals surface area contributed by atoms with Crippen LogP contribution in [0.4, 0.5) is 0 Å². The van der Waals surface area contributed by atoms with E-state index >= 15 is 0 Å². The fraction of sp³-hybridized carbons (Fsp3) is 0.364. The Morgan fingerprint density at radius 3 is 2.81 bits per heavy atom. The van der Waals surface area contributed by atoms with Crippen LogP contribution in [-0.2, 0) is 16.0 Å². The monoisotopic (exact) mass is 263 g/mol. The molecule has 1 rings (SSSR count). The molecule has 90 valence electrons. The van der Waals surface area contributed by atoms with Crippen molar-refractivity contribution in [3.8, 4) is 0 Å². The third-order valence-electron chi connectivity index (χ3n) is 2.04. The third-order valence-corrected chi connectivity index (χ3v) is 2.28. The highest BCUT2D eigenvalue weighted by Crippen LogP contribution is 2.12. The molecule has 0 unspecified atom stereocenters. The Labute approximate surface area is 106 Å². The number of ether oxygens (including phenoxy) is 1. The van der Waals surface area contributed by atoms with Gasteiger partial charge in [-0.15, -0.1) is 12.4 Å². The summed E-state index contributed by atoms with van der Waals surface area (Å²) in [7, 11) is 1.36. The smallest absolute Gasteiger partial charge is 0.307 e. The third kappa shape index (κ3) is 5.35. The summed E-state index contributed by atoms with van der Waals surface area (Å²) in [5.41, 5.74) is 6.82. The van der Waals surface area contributed by atoms with Crippen LogP contribution in [0.2, 0.25) is 5.02 Å². The van der Waals surface area contributed by atoms with Crippen LogP contribution in [0.25, 0.3) is 0 Å². The predicted octanol–water partition coefficient (Wildman–Crippen LogP) is 2.19. The van der Waals surface area contributed by atoms with Gasteiger partial charge in [-0.3, -0.25) is 4.79 Å². The lowest BCUT2D eigenvalue weighted by Crippen LogP contribution is -2.26. The molecular weight excluding hydrogens is 249 g/mol. The normalized spacial score (nSPS) is 11.4. The van der Waals surface area contributed by atoms with Crippen LogP contribution in [-0.4, -0.2) is 19.1 Å². The summed E-state index contributed by atoms with van der Waals surface area (Å²) in [4.78, 5) is 11.0. The molecule has 0 aromatic heterocycles. The summed E-state index contributed by atoms with van der Waals surface area (Å²) in [5.74, 6) is -0.287. The van der Waals surface area contributed by atoms with Crippen LogP contribution in [0.5, 0.6) is 0 Å². The van der Waals surface area contributed by atoms with Gasteiger partial charge in [0.05, 0.1) is 13.5 Å². The lowest BCUT2D eigenvalue weighted by atomic mass is 10.0. The van der Waals surface area contributed by atoms with E-state index in [9.17, 15) is 4.79 Å². The van der Waals surface area contributed by atoms with Gasteiger partial charge in [0.15, 0.2) is 0 Å². The van der Waals surface area contributed by atoms with E-state index in [1.165, 1.54) is 7.11 Å². The average molecular weight is 264 g/mol. The van der Waals surface area contributed by atoms with Crippen LogP contribution in [0.15, 0.2) is 24.3 Å². The molecule has 0 bridgehead atoms. The number of halogens is 2. The number of hydrogen-bond acceptors (Lipinski definition) is 3. The Hall–Kier alpha value is -0.770. The van der Waals surface area contributed by atoms with E-state index in [1.54, 1.807) is 6.07 Å². The average Bonchev–Trinajstić information content (AvgIpc) is 2.17. The maximum atomic E-state index is 11.0. The Morgan fingerprint density at radius 1 is 1.56 bits per heavy atom. The van der Waals surface area contributed by atoms with E-state index in [4.69, 9.17) is 17.3 Å². The highest BCUT2D eigenvalue weighted by molar-refractivity contribution is 6.30. The lowest BCUT2D eigenvalue weighted by Gasteiger charge is -2.10. The zero-order chi connectivity index (χ0) is 11.3. The maximum Gasteiger partial charge on any atom is 0.307 e. The van der Waals surface area contributed by atoms with Crippen molar-refractivity contribution in [1.82, 2.24) is 0 Å². The minimum atomic E-state index is -0.287. The van der Waals surface area contributed by atoms with Gasteiger partial charge in [-0.1, -0.05) is 23.7 Å². The first-order valence-corrected chi connectivity index (χ1v) is 5.06. The topological polar surface area (TPSA) is 52.3 Å². The number of esters is 1. The number of benzene rings is 1. The number of carbonyl (C=O) groups excluding carboxylic acids is 1. The summed E-state index contributed by atoms with van der Waals surface area (Å²) in [6.45, 7) is 0. The molecule has 3 nitrogen and oxygen atoms in total. The molecule has 0 aliphatic heterocycles.